The Bertz CT molecular complexity index is 7310. The van der Waals surface area contributed by atoms with Gasteiger partial charge in [0.25, 0.3) is 0 Å². The molecule has 16 heteroatoms. The molecule has 0 spiro atoms. The van der Waals surface area contributed by atoms with Gasteiger partial charge in [0.1, 0.15) is 0 Å². The van der Waals surface area contributed by atoms with Crippen molar-refractivity contribution in [3.05, 3.63) is 412 Å². The van der Waals surface area contributed by atoms with E-state index in [2.05, 4.69) is 156 Å². The zero-order valence-electron chi connectivity index (χ0n) is 66.3. The number of rotatable bonds is 19. The van der Waals surface area contributed by atoms with E-state index in [-0.39, 0.29) is 0 Å². The molecular formula is C108H66N16. The van der Waals surface area contributed by atoms with Crippen molar-refractivity contribution in [2.75, 3.05) is 0 Å². The van der Waals surface area contributed by atoms with Crippen molar-refractivity contribution in [3.63, 3.8) is 0 Å². The number of hydrogen-bond donors (Lipinski definition) is 0. The second-order valence-electron chi connectivity index (χ2n) is 29.5. The minimum atomic E-state index is 0.504. The van der Waals surface area contributed by atoms with Crippen LogP contribution in [0.3, 0.4) is 0 Å². The van der Waals surface area contributed by atoms with Crippen molar-refractivity contribution < 1.29 is 0 Å². The zero-order chi connectivity index (χ0) is 83.1. The first-order valence-electron chi connectivity index (χ1n) is 40.3. The van der Waals surface area contributed by atoms with E-state index >= 15 is 0 Å². The summed E-state index contributed by atoms with van der Waals surface area (Å²) in [5.74, 6) is 6.50. The Balaban J connectivity index is 0.588. The van der Waals surface area contributed by atoms with Gasteiger partial charge in [0.15, 0.2) is 69.9 Å². The third-order valence-corrected chi connectivity index (χ3v) is 21.6. The number of benzene rings is 14. The largest absolute Gasteiger partial charge is 0.265 e. The molecule has 6 aromatic heterocycles. The van der Waals surface area contributed by atoms with Gasteiger partial charge in [-0.1, -0.05) is 309 Å². The summed E-state index contributed by atoms with van der Waals surface area (Å²) in [6, 6.07) is 130. The number of hydrogen-bond acceptors (Lipinski definition) is 16. The molecule has 0 bridgehead atoms. The van der Waals surface area contributed by atoms with Crippen LogP contribution >= 0.6 is 0 Å². The minimum absolute atomic E-state index is 0.504. The molecule has 124 heavy (non-hydrogen) atoms. The monoisotopic (exact) mass is 1590 g/mol. The Kier molecular flexibility index (Phi) is 20.5. The highest BCUT2D eigenvalue weighted by Crippen LogP contribution is 2.42. The highest BCUT2D eigenvalue weighted by atomic mass is 15.1. The Hall–Kier alpha value is -17.6. The summed E-state index contributed by atoms with van der Waals surface area (Å²) < 4.78 is 0. The van der Waals surface area contributed by atoms with E-state index in [1.165, 1.54) is 0 Å². The lowest BCUT2D eigenvalue weighted by atomic mass is 9.90. The van der Waals surface area contributed by atoms with Gasteiger partial charge in [-0.2, -0.15) is 10.5 Å². The van der Waals surface area contributed by atoms with Crippen LogP contribution in [0.25, 0.3) is 215 Å². The predicted octanol–water partition coefficient (Wildman–Crippen LogP) is 24.6. The first-order valence-corrected chi connectivity index (χ1v) is 40.3. The molecule has 0 N–H and O–H groups in total. The van der Waals surface area contributed by atoms with E-state index in [1.807, 2.05) is 243 Å². The van der Waals surface area contributed by atoms with Gasteiger partial charge in [-0.15, -0.1) is 0 Å². The van der Waals surface area contributed by atoms with Crippen LogP contribution < -0.4 is 0 Å². The molecule has 0 saturated carbocycles. The molecule has 20 aromatic rings. The molecule has 0 saturated heterocycles. The van der Waals surface area contributed by atoms with Crippen LogP contribution in [0.4, 0.5) is 0 Å². The zero-order valence-corrected chi connectivity index (χ0v) is 66.3. The Morgan fingerprint density at radius 2 is 0.339 bits per heavy atom. The van der Waals surface area contributed by atoms with Crippen molar-refractivity contribution in [1.29, 1.82) is 10.5 Å². The molecule has 20 rings (SSSR count). The average molecular weight is 1590 g/mol. The topological polar surface area (TPSA) is 228 Å². The van der Waals surface area contributed by atoms with Crippen molar-refractivity contribution >= 4 is 0 Å². The van der Waals surface area contributed by atoms with Gasteiger partial charge < -0.3 is 0 Å². The third kappa shape index (κ3) is 16.0. The molecule has 578 valence electrons. The maximum atomic E-state index is 10.1. The fraction of sp³-hybridized carbons (Fsp3) is 0. The molecule has 0 unspecified atom stereocenters. The Morgan fingerprint density at radius 1 is 0.137 bits per heavy atom. The fourth-order valence-corrected chi connectivity index (χ4v) is 15.2. The highest BCUT2D eigenvalue weighted by Gasteiger charge is 2.22. The van der Waals surface area contributed by atoms with Gasteiger partial charge in [0, 0.05) is 91.5 Å². The lowest BCUT2D eigenvalue weighted by molar-refractivity contribution is 1.07. The maximum Gasteiger partial charge on any atom is 0.164 e. The molecule has 16 nitrogen and oxygen atoms in total. The summed E-state index contributed by atoms with van der Waals surface area (Å²) in [4.78, 5) is 69.2. The molecule has 0 atom stereocenters. The molecule has 0 amide bonds. The van der Waals surface area contributed by atoms with Gasteiger partial charge in [-0.05, 0) is 145 Å². The summed E-state index contributed by atoms with van der Waals surface area (Å²) in [7, 11) is 0. The molecule has 6 heterocycles. The summed E-state index contributed by atoms with van der Waals surface area (Å²) in [5, 5.41) is 20.1. The van der Waals surface area contributed by atoms with Gasteiger partial charge >= 0.3 is 0 Å². The molecule has 0 aliphatic rings. The average Bonchev–Trinajstić information content (AvgIpc) is 0.788. The molecule has 0 fully saturated rings. The van der Waals surface area contributed by atoms with Gasteiger partial charge in [-0.3, -0.25) is 9.97 Å². The summed E-state index contributed by atoms with van der Waals surface area (Å²) in [6.07, 6.45) is 6.94. The van der Waals surface area contributed by atoms with Crippen LogP contribution in [0.2, 0.25) is 0 Å². The van der Waals surface area contributed by atoms with Crippen molar-refractivity contribution in [3.8, 4) is 227 Å². The quantitative estimate of drug-likeness (QED) is 0.0733. The van der Waals surface area contributed by atoms with E-state index in [0.29, 0.717) is 81.0 Å². The van der Waals surface area contributed by atoms with Crippen molar-refractivity contribution in [2.45, 2.75) is 0 Å². The number of nitriles is 2. The van der Waals surface area contributed by atoms with Gasteiger partial charge in [-0.25, -0.2) is 59.8 Å². The van der Waals surface area contributed by atoms with Crippen LogP contribution in [-0.4, -0.2) is 69.8 Å². The highest BCUT2D eigenvalue weighted by molar-refractivity contribution is 5.91. The second kappa shape index (κ2) is 33.8. The molecule has 0 radical (unpaired) electrons. The normalized spacial score (nSPS) is 11.0. The van der Waals surface area contributed by atoms with E-state index in [0.717, 1.165) is 145 Å². The summed E-state index contributed by atoms with van der Waals surface area (Å²) >= 11 is 0. The van der Waals surface area contributed by atoms with Crippen LogP contribution in [0, 0.1) is 22.7 Å². The van der Waals surface area contributed by atoms with Crippen LogP contribution in [0.15, 0.2) is 401 Å². The first kappa shape index (κ1) is 75.2. The molecule has 14 aromatic carbocycles. The van der Waals surface area contributed by atoms with Crippen LogP contribution in [0.5, 0.6) is 0 Å². The third-order valence-electron chi connectivity index (χ3n) is 21.6. The van der Waals surface area contributed by atoms with Crippen LogP contribution in [0.1, 0.15) is 11.1 Å². The molecule has 0 aliphatic heterocycles. The number of aromatic nitrogens is 14. The fourth-order valence-electron chi connectivity index (χ4n) is 15.2. The lowest BCUT2D eigenvalue weighted by Gasteiger charge is -2.15. The standard InChI is InChI=1S/C108H66N16/c109-67-69-16-13-27-90(62-69)93-52-51-89(65-95(93)74-36-46-83(47-37-74)104-116-99(78-22-9-3-10-23-78)118-106(122-104)85-54-58-111-59-55-85)73-34-44-82(45-35-73)103-119-102(120-107(121-103)86-56-60-112-61-57-86)80-40-30-71(31-41-80)87-26-15-29-92(64-87)108-123-100(79-24-11-4-12-25-79)117-105(124-108)84-48-38-75(39-49-84)96-66-88(50-53-94(96)91-28-14-17-70(63-91)68-110)72-32-42-81(43-33-72)101-114-97(76-18-5-1-6-19-76)113-98(115-101)77-20-7-2-8-21-77/h1-66H. The second-order valence-corrected chi connectivity index (χ2v) is 29.5. The smallest absolute Gasteiger partial charge is 0.164 e. The summed E-state index contributed by atoms with van der Waals surface area (Å²) in [5.41, 5.74) is 24.8. The number of nitrogens with zero attached hydrogens (tertiary/aromatic N) is 16. The SMILES string of the molecule is N#Cc1cccc(-c2ccc(-c3ccc(-c4nc(-c5ccncc5)nc(-c5ccc(-c6cccc(-c7nc(-c8ccccc8)nc(-c8ccc(-c9cc(-c%10ccc(-c%11nc(-c%12ccccc%12)nc(-c%12ccccc%12)n%11)cc%10)ccc9-c9cccc(C#N)c9)cc8)n7)c6)cc5)n4)cc3)cc2-c2ccc(-c3nc(-c4ccccc4)nc(-c4ccncc4)n3)cc2)c1. The number of pyridine rings is 2. The minimum Gasteiger partial charge on any atom is -0.265 e. The van der Waals surface area contributed by atoms with Gasteiger partial charge in [0.05, 0.1) is 23.3 Å². The summed E-state index contributed by atoms with van der Waals surface area (Å²) in [6.45, 7) is 0. The van der Waals surface area contributed by atoms with E-state index in [4.69, 9.17) is 59.8 Å². The van der Waals surface area contributed by atoms with Gasteiger partial charge in [0.2, 0.25) is 0 Å². The first-order chi connectivity index (χ1) is 61.3. The molecular weight excluding hydrogens is 1520 g/mol. The Labute approximate surface area is 714 Å². The van der Waals surface area contributed by atoms with E-state index < -0.39 is 0 Å². The van der Waals surface area contributed by atoms with E-state index in [9.17, 15) is 10.5 Å². The Morgan fingerprint density at radius 3 is 0.621 bits per heavy atom. The lowest BCUT2D eigenvalue weighted by Crippen LogP contribution is -2.00. The van der Waals surface area contributed by atoms with E-state index in [1.54, 1.807) is 24.8 Å². The van der Waals surface area contributed by atoms with Crippen molar-refractivity contribution in [1.82, 2.24) is 69.8 Å². The van der Waals surface area contributed by atoms with Crippen LogP contribution in [-0.2, 0) is 0 Å². The molecule has 0 aliphatic carbocycles. The maximum absolute atomic E-state index is 10.1. The predicted molar refractivity (Wildman–Crippen MR) is 488 cm³/mol. The van der Waals surface area contributed by atoms with Crippen molar-refractivity contribution in [2.24, 2.45) is 0 Å².